The van der Waals surface area contributed by atoms with Gasteiger partial charge in [0.15, 0.2) is 12.2 Å². The van der Waals surface area contributed by atoms with Crippen molar-refractivity contribution >= 4 is 39.5 Å². The minimum Gasteiger partial charge on any atom is -0.462 e. The molecule has 0 bridgehead atoms. The fourth-order valence-electron chi connectivity index (χ4n) is 10.6. The number of hydrogen-bond donors (Lipinski definition) is 3. The Morgan fingerprint density at radius 1 is 0.315 bits per heavy atom. The van der Waals surface area contributed by atoms with Gasteiger partial charge in [0.25, 0.3) is 0 Å². The topological polar surface area (TPSA) is 237 Å². The molecule has 6 atom stereocenters. The average molecular weight is 1310 g/mol. The number of phosphoric acid groups is 2. The lowest BCUT2D eigenvalue weighted by Crippen LogP contribution is -2.30. The molecule has 3 N–H and O–H groups in total. The maximum atomic E-state index is 13.0. The van der Waals surface area contributed by atoms with E-state index in [1.54, 1.807) is 0 Å². The van der Waals surface area contributed by atoms with E-state index in [0.29, 0.717) is 25.7 Å². The molecule has 0 amide bonds. The lowest BCUT2D eigenvalue weighted by atomic mass is 9.99. The first kappa shape index (κ1) is 87.1. The zero-order valence-corrected chi connectivity index (χ0v) is 59.4. The summed E-state index contributed by atoms with van der Waals surface area (Å²) in [7, 11) is -9.89. The molecule has 0 heterocycles. The van der Waals surface area contributed by atoms with Gasteiger partial charge in [0.05, 0.1) is 26.4 Å². The zero-order valence-electron chi connectivity index (χ0n) is 57.6. The van der Waals surface area contributed by atoms with Crippen molar-refractivity contribution in [2.45, 2.75) is 380 Å². The highest BCUT2D eigenvalue weighted by molar-refractivity contribution is 7.47. The molecule has 89 heavy (non-hydrogen) atoms. The van der Waals surface area contributed by atoms with Crippen molar-refractivity contribution in [2.75, 3.05) is 39.6 Å². The molecule has 3 unspecified atom stereocenters. The van der Waals surface area contributed by atoms with Gasteiger partial charge in [0, 0.05) is 25.7 Å². The van der Waals surface area contributed by atoms with Gasteiger partial charge in [-0.15, -0.1) is 0 Å². The van der Waals surface area contributed by atoms with Crippen LogP contribution in [0.2, 0.25) is 0 Å². The predicted octanol–water partition coefficient (Wildman–Crippen LogP) is 20.1. The first-order chi connectivity index (χ1) is 43.1. The van der Waals surface area contributed by atoms with Crippen LogP contribution in [0.25, 0.3) is 0 Å². The van der Waals surface area contributed by atoms with Crippen molar-refractivity contribution in [1.29, 1.82) is 0 Å². The molecule has 0 saturated heterocycles. The highest BCUT2D eigenvalue weighted by Crippen LogP contribution is 2.45. The highest BCUT2D eigenvalue weighted by Gasteiger charge is 2.30. The molecule has 0 fully saturated rings. The molecule has 0 aromatic carbocycles. The fourth-order valence-corrected chi connectivity index (χ4v) is 12.2. The van der Waals surface area contributed by atoms with Gasteiger partial charge in [-0.2, -0.15) is 0 Å². The number of rotatable bonds is 70. The number of esters is 4. The largest absolute Gasteiger partial charge is 0.472 e. The number of aliphatic hydroxyl groups is 1. The first-order valence-electron chi connectivity index (χ1n) is 36.7. The summed E-state index contributed by atoms with van der Waals surface area (Å²) in [6.45, 7) is 7.18. The molecule has 0 spiro atoms. The third-order valence-corrected chi connectivity index (χ3v) is 18.5. The molecular weight excluding hydrogens is 1170 g/mol. The summed E-state index contributed by atoms with van der Waals surface area (Å²) >= 11 is 0. The van der Waals surface area contributed by atoms with Gasteiger partial charge in [-0.3, -0.25) is 37.3 Å². The van der Waals surface area contributed by atoms with Gasteiger partial charge in [0.1, 0.15) is 19.3 Å². The lowest BCUT2D eigenvalue weighted by Gasteiger charge is -2.21. The van der Waals surface area contributed by atoms with Crippen LogP contribution >= 0.6 is 15.6 Å². The first-order valence-corrected chi connectivity index (χ1v) is 39.7. The third kappa shape index (κ3) is 63.2. The van der Waals surface area contributed by atoms with Crippen molar-refractivity contribution in [2.24, 2.45) is 5.92 Å². The highest BCUT2D eigenvalue weighted by atomic mass is 31.2. The molecule has 528 valence electrons. The van der Waals surface area contributed by atoms with Gasteiger partial charge >= 0.3 is 39.5 Å². The molecular formula is C70H136O17P2. The third-order valence-electron chi connectivity index (χ3n) is 16.6. The maximum absolute atomic E-state index is 13.0. The van der Waals surface area contributed by atoms with Crippen molar-refractivity contribution in [1.82, 2.24) is 0 Å². The van der Waals surface area contributed by atoms with Crippen molar-refractivity contribution in [3.8, 4) is 0 Å². The van der Waals surface area contributed by atoms with Crippen molar-refractivity contribution in [3.63, 3.8) is 0 Å². The van der Waals surface area contributed by atoms with E-state index in [-0.39, 0.29) is 25.7 Å². The molecule has 19 heteroatoms. The maximum Gasteiger partial charge on any atom is 0.472 e. The van der Waals surface area contributed by atoms with Gasteiger partial charge < -0.3 is 33.8 Å². The second-order valence-electron chi connectivity index (χ2n) is 25.5. The predicted molar refractivity (Wildman–Crippen MR) is 358 cm³/mol. The number of phosphoric ester groups is 2. The van der Waals surface area contributed by atoms with Crippen LogP contribution in [0.1, 0.15) is 362 Å². The van der Waals surface area contributed by atoms with E-state index in [4.69, 9.17) is 37.0 Å². The van der Waals surface area contributed by atoms with Crippen LogP contribution < -0.4 is 0 Å². The van der Waals surface area contributed by atoms with Gasteiger partial charge in [0.2, 0.25) is 0 Å². The Morgan fingerprint density at radius 2 is 0.539 bits per heavy atom. The van der Waals surface area contributed by atoms with Crippen LogP contribution in [0.4, 0.5) is 0 Å². The summed E-state index contributed by atoms with van der Waals surface area (Å²) < 4.78 is 68.1. The molecule has 17 nitrogen and oxygen atoms in total. The summed E-state index contributed by atoms with van der Waals surface area (Å²) in [5.41, 5.74) is 0. The Kier molecular flexibility index (Phi) is 62.1. The monoisotopic (exact) mass is 1310 g/mol. The summed E-state index contributed by atoms with van der Waals surface area (Å²) in [6.07, 6.45) is 50.2. The number of ether oxygens (including phenoxy) is 4. The summed E-state index contributed by atoms with van der Waals surface area (Å²) in [6, 6.07) is 0. The Bertz CT molecular complexity index is 1720. The second-order valence-corrected chi connectivity index (χ2v) is 28.4. The number of carbonyl (C=O) groups excluding carboxylic acids is 4. The quantitative estimate of drug-likeness (QED) is 0.0222. The summed E-state index contributed by atoms with van der Waals surface area (Å²) in [4.78, 5) is 72.3. The number of aliphatic hydroxyl groups excluding tert-OH is 1. The minimum absolute atomic E-state index is 0.106. The number of unbranched alkanes of at least 4 members (excludes halogenated alkanes) is 41. The van der Waals surface area contributed by atoms with Gasteiger partial charge in [-0.1, -0.05) is 311 Å². The van der Waals surface area contributed by atoms with Crippen LogP contribution in [-0.2, 0) is 65.4 Å². The van der Waals surface area contributed by atoms with Crippen LogP contribution in [0.5, 0.6) is 0 Å². The smallest absolute Gasteiger partial charge is 0.462 e. The molecule has 0 aliphatic rings. The Labute approximate surface area is 543 Å². The van der Waals surface area contributed by atoms with Crippen LogP contribution in [-0.4, -0.2) is 96.7 Å². The van der Waals surface area contributed by atoms with E-state index < -0.39 is 97.5 Å². The van der Waals surface area contributed by atoms with Crippen molar-refractivity contribution < 1.29 is 80.2 Å². The zero-order chi connectivity index (χ0) is 65.6. The molecule has 0 saturated carbocycles. The van der Waals surface area contributed by atoms with E-state index in [2.05, 4.69) is 34.6 Å². The molecule has 0 aliphatic heterocycles. The fraction of sp³-hybridized carbons (Fsp3) is 0.943. The second kappa shape index (κ2) is 63.5. The average Bonchev–Trinajstić information content (AvgIpc) is 3.72. The number of carbonyl (C=O) groups is 4. The van der Waals surface area contributed by atoms with E-state index in [9.17, 15) is 43.2 Å². The Balaban J connectivity index is 5.13. The molecule has 0 aliphatic carbocycles. The summed E-state index contributed by atoms with van der Waals surface area (Å²) in [5.74, 6) is -1.35. The lowest BCUT2D eigenvalue weighted by molar-refractivity contribution is -0.161. The molecule has 0 radical (unpaired) electrons. The van der Waals surface area contributed by atoms with E-state index >= 15 is 0 Å². The molecule has 0 aromatic heterocycles. The van der Waals surface area contributed by atoms with Crippen LogP contribution in [0, 0.1) is 5.92 Å². The molecule has 0 aromatic rings. The van der Waals surface area contributed by atoms with Crippen molar-refractivity contribution in [3.05, 3.63) is 0 Å². The SMILES string of the molecule is CCCCCCCCCCCCCCCCCCCCCCCC(=O)O[C@H](COC(=O)CCCCCCCCCCC(C)CC)COP(=O)(O)OC[C@@H](O)COP(=O)(O)OC[C@@H](COC(=O)CCCCCCCCC)OC(=O)CCCCCCCCCCC. The standard InChI is InChI=1S/C70H136O17P2/c1-6-10-13-16-19-21-22-23-24-25-26-27-28-29-30-31-32-34-41-46-51-56-70(75)87-66(60-81-68(73)54-49-44-39-36-35-38-42-47-52-63(5)9-4)62-85-89(78,79)83-58-64(71)57-82-88(76,77)84-61-65(59-80-67(72)53-48-43-37-18-15-12-8-3)86-69(74)55-50-45-40-33-20-17-14-11-7-2/h63-66,71H,6-62H2,1-5H3,(H,76,77)(H,78,79)/t63?,64-,65+,66+/m0/s1. The molecule has 0 rings (SSSR count). The van der Waals surface area contributed by atoms with E-state index in [0.717, 1.165) is 109 Å². The minimum atomic E-state index is -4.95. The van der Waals surface area contributed by atoms with E-state index in [1.807, 2.05) is 0 Å². The Morgan fingerprint density at radius 3 is 0.798 bits per heavy atom. The van der Waals surface area contributed by atoms with Crippen LogP contribution in [0.15, 0.2) is 0 Å². The summed E-state index contributed by atoms with van der Waals surface area (Å²) in [5, 5.41) is 10.6. The Hall–Kier alpha value is -1.94. The van der Waals surface area contributed by atoms with Gasteiger partial charge in [-0.05, 0) is 31.6 Å². The van der Waals surface area contributed by atoms with E-state index in [1.165, 1.54) is 173 Å². The van der Waals surface area contributed by atoms with Crippen LogP contribution in [0.3, 0.4) is 0 Å². The normalized spacial score (nSPS) is 14.4. The van der Waals surface area contributed by atoms with Gasteiger partial charge in [-0.25, -0.2) is 9.13 Å². The number of hydrogen-bond acceptors (Lipinski definition) is 15.